The van der Waals surface area contributed by atoms with Crippen molar-refractivity contribution in [2.75, 3.05) is 11.9 Å². The number of aryl methyl sites for hydroxylation is 1. The van der Waals surface area contributed by atoms with Crippen LogP contribution in [0, 0.1) is 13.8 Å². The summed E-state index contributed by atoms with van der Waals surface area (Å²) in [5.74, 6) is 0.00600. The van der Waals surface area contributed by atoms with Gasteiger partial charge in [-0.3, -0.25) is 4.79 Å². The number of benzene rings is 2. The van der Waals surface area contributed by atoms with Gasteiger partial charge in [0.25, 0.3) is 5.91 Å². The molecule has 0 unspecified atom stereocenters. The van der Waals surface area contributed by atoms with E-state index in [4.69, 9.17) is 0 Å². The zero-order chi connectivity index (χ0) is 16.4. The molecule has 3 aromatic rings. The molecular formula is C20H20N2O. The van der Waals surface area contributed by atoms with Crippen LogP contribution in [0.3, 0.4) is 0 Å². The maximum atomic E-state index is 12.9. The largest absolute Gasteiger partial charge is 0.318 e. The Morgan fingerprint density at radius 3 is 2.09 bits per heavy atom. The van der Waals surface area contributed by atoms with Gasteiger partial charge in [-0.05, 0) is 44.2 Å². The molecular weight excluding hydrogens is 284 g/mol. The fourth-order valence-electron chi connectivity index (χ4n) is 2.90. The summed E-state index contributed by atoms with van der Waals surface area (Å²) in [6.07, 6.45) is 0. The van der Waals surface area contributed by atoms with Gasteiger partial charge in [0, 0.05) is 29.8 Å². The van der Waals surface area contributed by atoms with Crippen molar-refractivity contribution in [1.82, 2.24) is 4.57 Å². The lowest BCUT2D eigenvalue weighted by Crippen LogP contribution is -2.26. The van der Waals surface area contributed by atoms with Gasteiger partial charge in [0.05, 0.1) is 5.56 Å². The van der Waals surface area contributed by atoms with Crippen LogP contribution in [0.2, 0.25) is 0 Å². The molecule has 0 aliphatic carbocycles. The van der Waals surface area contributed by atoms with Gasteiger partial charge >= 0.3 is 0 Å². The number of carbonyl (C=O) groups is 1. The van der Waals surface area contributed by atoms with Crippen LogP contribution in [-0.2, 0) is 0 Å². The van der Waals surface area contributed by atoms with Crippen LogP contribution < -0.4 is 4.90 Å². The highest BCUT2D eigenvalue weighted by Crippen LogP contribution is 2.23. The van der Waals surface area contributed by atoms with Gasteiger partial charge < -0.3 is 9.47 Å². The van der Waals surface area contributed by atoms with Gasteiger partial charge in [0.2, 0.25) is 0 Å². The first-order valence-electron chi connectivity index (χ1n) is 7.67. The zero-order valence-electron chi connectivity index (χ0n) is 13.7. The quantitative estimate of drug-likeness (QED) is 0.705. The number of para-hydroxylation sites is 2. The highest BCUT2D eigenvalue weighted by Gasteiger charge is 2.20. The van der Waals surface area contributed by atoms with Crippen molar-refractivity contribution in [3.8, 4) is 5.69 Å². The molecule has 116 valence electrons. The zero-order valence-corrected chi connectivity index (χ0v) is 13.7. The molecule has 0 spiro atoms. The topological polar surface area (TPSA) is 25.2 Å². The Morgan fingerprint density at radius 2 is 1.48 bits per heavy atom. The lowest BCUT2D eigenvalue weighted by molar-refractivity contribution is 0.0992. The third kappa shape index (κ3) is 2.78. The van der Waals surface area contributed by atoms with Crippen molar-refractivity contribution in [3.05, 3.63) is 83.7 Å². The molecule has 3 nitrogen and oxygen atoms in total. The first kappa shape index (κ1) is 15.1. The second-order valence-corrected chi connectivity index (χ2v) is 5.66. The number of hydrogen-bond acceptors (Lipinski definition) is 1. The van der Waals surface area contributed by atoms with Crippen LogP contribution in [0.25, 0.3) is 5.69 Å². The third-order valence-corrected chi connectivity index (χ3v) is 4.12. The number of amides is 1. The number of aromatic nitrogens is 1. The van der Waals surface area contributed by atoms with Crippen molar-refractivity contribution in [3.63, 3.8) is 0 Å². The van der Waals surface area contributed by atoms with E-state index in [1.54, 1.807) is 4.90 Å². The van der Waals surface area contributed by atoms with Gasteiger partial charge in [-0.15, -0.1) is 0 Å². The summed E-state index contributed by atoms with van der Waals surface area (Å²) in [4.78, 5) is 14.6. The molecule has 0 atom stereocenters. The molecule has 2 aromatic carbocycles. The third-order valence-electron chi connectivity index (χ3n) is 4.12. The van der Waals surface area contributed by atoms with Gasteiger partial charge in [0.1, 0.15) is 0 Å². The Hall–Kier alpha value is -2.81. The summed E-state index contributed by atoms with van der Waals surface area (Å²) >= 11 is 0. The summed E-state index contributed by atoms with van der Waals surface area (Å²) in [5, 5.41) is 0. The van der Waals surface area contributed by atoms with Crippen LogP contribution in [0.1, 0.15) is 21.7 Å². The Kier molecular flexibility index (Phi) is 4.02. The van der Waals surface area contributed by atoms with Crippen molar-refractivity contribution < 1.29 is 4.79 Å². The van der Waals surface area contributed by atoms with Crippen LogP contribution in [0.15, 0.2) is 66.7 Å². The maximum Gasteiger partial charge on any atom is 0.259 e. The molecule has 1 heterocycles. The second-order valence-electron chi connectivity index (χ2n) is 5.66. The van der Waals surface area contributed by atoms with Crippen molar-refractivity contribution in [2.45, 2.75) is 13.8 Å². The molecule has 23 heavy (non-hydrogen) atoms. The fourth-order valence-corrected chi connectivity index (χ4v) is 2.90. The molecule has 1 amide bonds. The van der Waals surface area contributed by atoms with Crippen molar-refractivity contribution in [2.24, 2.45) is 0 Å². The molecule has 0 saturated heterocycles. The predicted molar refractivity (Wildman–Crippen MR) is 94.4 cm³/mol. The molecule has 1 aromatic heterocycles. The van der Waals surface area contributed by atoms with Crippen LogP contribution >= 0.6 is 0 Å². The number of hydrogen-bond donors (Lipinski definition) is 0. The lowest BCUT2D eigenvalue weighted by Gasteiger charge is -2.17. The van der Waals surface area contributed by atoms with Crippen LogP contribution in [-0.4, -0.2) is 17.5 Å². The average Bonchev–Trinajstić information content (AvgIpc) is 2.89. The van der Waals surface area contributed by atoms with Crippen LogP contribution in [0.5, 0.6) is 0 Å². The minimum atomic E-state index is 0.00600. The van der Waals surface area contributed by atoms with E-state index in [0.29, 0.717) is 0 Å². The van der Waals surface area contributed by atoms with E-state index >= 15 is 0 Å². The molecule has 0 aliphatic heterocycles. The van der Waals surface area contributed by atoms with E-state index in [9.17, 15) is 4.79 Å². The Morgan fingerprint density at radius 1 is 0.913 bits per heavy atom. The van der Waals surface area contributed by atoms with Gasteiger partial charge in [-0.1, -0.05) is 36.4 Å². The smallest absolute Gasteiger partial charge is 0.259 e. The van der Waals surface area contributed by atoms with Crippen molar-refractivity contribution in [1.29, 1.82) is 0 Å². The van der Waals surface area contributed by atoms with Gasteiger partial charge in [-0.25, -0.2) is 0 Å². The molecule has 0 aliphatic rings. The monoisotopic (exact) mass is 304 g/mol. The maximum absolute atomic E-state index is 12.9. The Labute approximate surface area is 136 Å². The first-order chi connectivity index (χ1) is 11.1. The SMILES string of the molecule is Cc1cc(C(=O)N(C)c2ccccc2)c(C)n1-c1ccccc1. The summed E-state index contributed by atoms with van der Waals surface area (Å²) in [6.45, 7) is 4.02. The minimum absolute atomic E-state index is 0.00600. The van der Waals surface area contributed by atoms with E-state index in [1.807, 2.05) is 75.5 Å². The normalized spacial score (nSPS) is 10.6. The number of nitrogens with zero attached hydrogens (tertiary/aromatic N) is 2. The highest BCUT2D eigenvalue weighted by atomic mass is 16.2. The predicted octanol–water partition coefficient (Wildman–Crippen LogP) is 4.37. The van der Waals surface area contributed by atoms with E-state index in [1.165, 1.54) is 0 Å². The van der Waals surface area contributed by atoms with Gasteiger partial charge in [-0.2, -0.15) is 0 Å². The molecule has 3 rings (SSSR count). The Balaban J connectivity index is 2.00. The average molecular weight is 304 g/mol. The lowest BCUT2D eigenvalue weighted by atomic mass is 10.2. The first-order valence-corrected chi connectivity index (χ1v) is 7.67. The number of carbonyl (C=O) groups excluding carboxylic acids is 1. The summed E-state index contributed by atoms with van der Waals surface area (Å²) in [6, 6.07) is 21.8. The van der Waals surface area contributed by atoms with Crippen LogP contribution in [0.4, 0.5) is 5.69 Å². The minimum Gasteiger partial charge on any atom is -0.318 e. The fraction of sp³-hybridized carbons (Fsp3) is 0.150. The van der Waals surface area contributed by atoms with E-state index in [2.05, 4.69) is 16.7 Å². The summed E-state index contributed by atoms with van der Waals surface area (Å²) in [7, 11) is 1.81. The number of anilines is 1. The van der Waals surface area contributed by atoms with E-state index in [0.717, 1.165) is 28.3 Å². The molecule has 0 N–H and O–H groups in total. The van der Waals surface area contributed by atoms with E-state index in [-0.39, 0.29) is 5.91 Å². The molecule has 0 radical (unpaired) electrons. The highest BCUT2D eigenvalue weighted by molar-refractivity contribution is 6.06. The standard InChI is InChI=1S/C20H20N2O/c1-15-14-19(16(2)22(15)18-12-8-5-9-13-18)20(23)21(3)17-10-6-4-7-11-17/h4-14H,1-3H3. The molecule has 0 bridgehead atoms. The Bertz CT molecular complexity index is 820. The van der Waals surface area contributed by atoms with E-state index < -0.39 is 0 Å². The molecule has 0 fully saturated rings. The van der Waals surface area contributed by atoms with Gasteiger partial charge in [0.15, 0.2) is 0 Å². The molecule has 3 heteroatoms. The summed E-state index contributed by atoms with van der Waals surface area (Å²) < 4.78 is 2.12. The summed E-state index contributed by atoms with van der Waals surface area (Å²) in [5.41, 5.74) is 4.71. The number of rotatable bonds is 3. The van der Waals surface area contributed by atoms with Crippen molar-refractivity contribution >= 4 is 11.6 Å². The second kappa shape index (κ2) is 6.13. The molecule has 0 saturated carbocycles.